The number of hydrogen-bond donors (Lipinski definition) is 0. The number of ether oxygens (including phenoxy) is 1. The van der Waals surface area contributed by atoms with Gasteiger partial charge in [-0.15, -0.1) is 17.0 Å². The monoisotopic (exact) mass is 364 g/mol. The highest BCUT2D eigenvalue weighted by atomic mass is 79.9. The van der Waals surface area contributed by atoms with Crippen LogP contribution in [0.5, 0.6) is 0 Å². The van der Waals surface area contributed by atoms with E-state index in [1.165, 1.54) is 7.11 Å². The number of carbonyl (C=O) groups is 2. The number of amides is 1. The summed E-state index contributed by atoms with van der Waals surface area (Å²) in [5.41, 5.74) is 2.41. The zero-order chi connectivity index (χ0) is 15.0. The summed E-state index contributed by atoms with van der Waals surface area (Å²) in [5, 5.41) is 0. The van der Waals surface area contributed by atoms with Crippen LogP contribution in [0.1, 0.15) is 11.6 Å². The summed E-state index contributed by atoms with van der Waals surface area (Å²) in [4.78, 5) is 27.7. The summed E-state index contributed by atoms with van der Waals surface area (Å²) in [6, 6.07) is 7.32. The van der Waals surface area contributed by atoms with E-state index in [-0.39, 0.29) is 28.9 Å². The molecule has 0 radical (unpaired) electrons. The summed E-state index contributed by atoms with van der Waals surface area (Å²) >= 11 is 0. The maximum absolute atomic E-state index is 12.5. The van der Waals surface area contributed by atoms with Crippen molar-refractivity contribution in [3.05, 3.63) is 53.8 Å². The number of allylic oxidation sites excluding steroid dienone is 2. The minimum Gasteiger partial charge on any atom is -0.466 e. The normalized spacial score (nSPS) is 19.5. The van der Waals surface area contributed by atoms with Gasteiger partial charge in [0.25, 0.3) is 5.91 Å². The second-order valence-corrected chi connectivity index (χ2v) is 5.06. The molecule has 5 nitrogen and oxygen atoms in total. The van der Waals surface area contributed by atoms with Gasteiger partial charge >= 0.3 is 5.97 Å². The number of hydrogen-bond acceptors (Lipinski definition) is 4. The van der Waals surface area contributed by atoms with Gasteiger partial charge in [-0.1, -0.05) is 18.2 Å². The van der Waals surface area contributed by atoms with Crippen LogP contribution in [-0.2, 0) is 14.3 Å². The van der Waals surface area contributed by atoms with Crippen molar-refractivity contribution < 1.29 is 14.3 Å². The fraction of sp³-hybridized carbons (Fsp3) is 0.250. The Morgan fingerprint density at radius 1 is 1.32 bits per heavy atom. The molecule has 1 aromatic rings. The smallest absolute Gasteiger partial charge is 0.335 e. The van der Waals surface area contributed by atoms with Crippen LogP contribution >= 0.6 is 17.0 Å². The molecular formula is C16H17BrN2O3. The average molecular weight is 365 g/mol. The lowest BCUT2D eigenvalue weighted by Crippen LogP contribution is -2.36. The Kier molecular flexibility index (Phi) is 4.71. The van der Waals surface area contributed by atoms with Gasteiger partial charge in [-0.3, -0.25) is 4.79 Å². The standard InChI is InChI=1S/C16H16N2O3.BrH/c1-17-13-8-4-3-7-12(13)14(15(17)19)18-9-5-6-11(10-18)16(20)21-2;/h3-9,14H,10H2,1-2H3;1H. The van der Waals surface area contributed by atoms with E-state index in [1.54, 1.807) is 24.1 Å². The first kappa shape index (κ1) is 16.3. The molecule has 22 heavy (non-hydrogen) atoms. The maximum Gasteiger partial charge on any atom is 0.335 e. The van der Waals surface area contributed by atoms with E-state index in [1.807, 2.05) is 35.4 Å². The number of methoxy groups -OCH3 is 1. The van der Waals surface area contributed by atoms with Crippen molar-refractivity contribution in [3.8, 4) is 0 Å². The van der Waals surface area contributed by atoms with Gasteiger partial charge < -0.3 is 14.5 Å². The molecule has 0 saturated heterocycles. The molecule has 0 aromatic heterocycles. The molecule has 2 aliphatic rings. The molecule has 0 aliphatic carbocycles. The first-order valence-corrected chi connectivity index (χ1v) is 6.71. The molecule has 0 N–H and O–H groups in total. The van der Waals surface area contributed by atoms with Crippen LogP contribution < -0.4 is 4.90 Å². The van der Waals surface area contributed by atoms with E-state index >= 15 is 0 Å². The molecule has 1 amide bonds. The van der Waals surface area contributed by atoms with Gasteiger partial charge in [0.15, 0.2) is 0 Å². The topological polar surface area (TPSA) is 49.9 Å². The molecule has 116 valence electrons. The van der Waals surface area contributed by atoms with Crippen molar-refractivity contribution in [1.82, 2.24) is 4.90 Å². The van der Waals surface area contributed by atoms with Gasteiger partial charge in [0.2, 0.25) is 0 Å². The summed E-state index contributed by atoms with van der Waals surface area (Å²) in [5.74, 6) is -0.358. The van der Waals surface area contributed by atoms with E-state index in [4.69, 9.17) is 4.74 Å². The first-order chi connectivity index (χ1) is 10.1. The predicted molar refractivity (Wildman–Crippen MR) is 88.9 cm³/mol. The van der Waals surface area contributed by atoms with Crippen molar-refractivity contribution in [2.24, 2.45) is 0 Å². The van der Waals surface area contributed by atoms with Gasteiger partial charge in [0, 0.05) is 24.5 Å². The van der Waals surface area contributed by atoms with Crippen LogP contribution in [-0.4, -0.2) is 37.5 Å². The van der Waals surface area contributed by atoms with Crippen LogP contribution in [0.25, 0.3) is 0 Å². The lowest BCUT2D eigenvalue weighted by Gasteiger charge is -2.29. The van der Waals surface area contributed by atoms with Crippen molar-refractivity contribution in [2.75, 3.05) is 25.6 Å². The zero-order valence-corrected chi connectivity index (χ0v) is 14.1. The highest BCUT2D eigenvalue weighted by molar-refractivity contribution is 8.93. The number of likely N-dealkylation sites (N-methyl/N-ethyl adjacent to an activating group) is 1. The molecule has 0 fully saturated rings. The molecule has 1 aromatic carbocycles. The van der Waals surface area contributed by atoms with E-state index < -0.39 is 6.04 Å². The van der Waals surface area contributed by atoms with Gasteiger partial charge in [-0.25, -0.2) is 4.79 Å². The highest BCUT2D eigenvalue weighted by Crippen LogP contribution is 2.39. The summed E-state index contributed by atoms with van der Waals surface area (Å²) in [6.07, 6.45) is 5.33. The molecule has 0 bridgehead atoms. The first-order valence-electron chi connectivity index (χ1n) is 6.71. The van der Waals surface area contributed by atoms with Gasteiger partial charge in [-0.2, -0.15) is 0 Å². The van der Waals surface area contributed by atoms with Crippen LogP contribution in [0.3, 0.4) is 0 Å². The molecule has 3 rings (SSSR count). The quantitative estimate of drug-likeness (QED) is 0.755. The average Bonchev–Trinajstić information content (AvgIpc) is 2.78. The second-order valence-electron chi connectivity index (χ2n) is 5.06. The third-order valence-corrected chi connectivity index (χ3v) is 3.86. The van der Waals surface area contributed by atoms with E-state index in [9.17, 15) is 9.59 Å². The number of rotatable bonds is 2. The van der Waals surface area contributed by atoms with Crippen LogP contribution in [0.15, 0.2) is 48.2 Å². The summed E-state index contributed by atoms with van der Waals surface area (Å²) in [6.45, 7) is 0.363. The maximum atomic E-state index is 12.5. The number of benzene rings is 1. The minimum absolute atomic E-state index is 0. The Bertz CT molecular complexity index is 669. The zero-order valence-electron chi connectivity index (χ0n) is 12.4. The third-order valence-electron chi connectivity index (χ3n) is 3.86. The molecule has 0 saturated carbocycles. The number of halogens is 1. The van der Waals surface area contributed by atoms with Crippen molar-refractivity contribution in [1.29, 1.82) is 0 Å². The number of anilines is 1. The summed E-state index contributed by atoms with van der Waals surface area (Å²) in [7, 11) is 3.13. The fourth-order valence-electron chi connectivity index (χ4n) is 2.79. The van der Waals surface area contributed by atoms with Crippen molar-refractivity contribution >= 4 is 34.5 Å². The van der Waals surface area contributed by atoms with Gasteiger partial charge in [0.1, 0.15) is 6.04 Å². The molecule has 1 unspecified atom stereocenters. The molecule has 1 atom stereocenters. The Morgan fingerprint density at radius 3 is 2.77 bits per heavy atom. The number of para-hydroxylation sites is 1. The van der Waals surface area contributed by atoms with Gasteiger partial charge in [0.05, 0.1) is 19.2 Å². The fourth-order valence-corrected chi connectivity index (χ4v) is 2.79. The molecule has 0 spiro atoms. The molecule has 6 heteroatoms. The van der Waals surface area contributed by atoms with Gasteiger partial charge in [-0.05, 0) is 18.2 Å². The second kappa shape index (κ2) is 6.36. The third kappa shape index (κ3) is 2.54. The highest BCUT2D eigenvalue weighted by Gasteiger charge is 2.38. The Hall–Kier alpha value is -2.08. The molecular weight excluding hydrogens is 348 g/mol. The molecule has 2 aliphatic heterocycles. The number of nitrogens with zero attached hydrogens (tertiary/aromatic N) is 2. The lowest BCUT2D eigenvalue weighted by atomic mass is 10.0. The predicted octanol–water partition coefficient (Wildman–Crippen LogP) is 2.21. The van der Waals surface area contributed by atoms with Crippen LogP contribution in [0, 0.1) is 0 Å². The largest absolute Gasteiger partial charge is 0.466 e. The van der Waals surface area contributed by atoms with Crippen LogP contribution in [0.4, 0.5) is 5.69 Å². The SMILES string of the molecule is Br.COC(=O)C1=CC=CN(C2C(=O)N(C)c3ccccc32)C1. The Labute approximate surface area is 139 Å². The summed E-state index contributed by atoms with van der Waals surface area (Å²) < 4.78 is 4.75. The van der Waals surface area contributed by atoms with E-state index in [2.05, 4.69) is 0 Å². The Balaban J connectivity index is 0.00000176. The molecule has 2 heterocycles. The van der Waals surface area contributed by atoms with E-state index in [0.29, 0.717) is 12.1 Å². The lowest BCUT2D eigenvalue weighted by molar-refractivity contribution is -0.136. The number of esters is 1. The van der Waals surface area contributed by atoms with E-state index in [0.717, 1.165) is 11.3 Å². The van der Waals surface area contributed by atoms with Crippen LogP contribution in [0.2, 0.25) is 0 Å². The number of carbonyl (C=O) groups excluding carboxylic acids is 2. The van der Waals surface area contributed by atoms with Crippen molar-refractivity contribution in [2.45, 2.75) is 6.04 Å². The van der Waals surface area contributed by atoms with Crippen molar-refractivity contribution in [3.63, 3.8) is 0 Å². The Morgan fingerprint density at radius 2 is 2.05 bits per heavy atom. The number of fused-ring (bicyclic) bond motifs is 1. The minimum atomic E-state index is -0.393.